The van der Waals surface area contributed by atoms with Crippen LogP contribution in [0.25, 0.3) is 21.9 Å². The van der Waals surface area contributed by atoms with Crippen molar-refractivity contribution in [2.24, 2.45) is 7.05 Å². The highest BCUT2D eigenvalue weighted by Crippen LogP contribution is 2.37. The Morgan fingerprint density at radius 2 is 1.66 bits per heavy atom. The number of morpholine rings is 1. The van der Waals surface area contributed by atoms with Gasteiger partial charge in [0.05, 0.1) is 23.1 Å². The van der Waals surface area contributed by atoms with E-state index in [1.807, 2.05) is 12.3 Å². The number of pyridine rings is 1. The summed E-state index contributed by atoms with van der Waals surface area (Å²) in [5.74, 6) is 0.292. The fraction of sp³-hybridized carbons (Fsp3) is 0.464. The Hall–Kier alpha value is -3.37. The van der Waals surface area contributed by atoms with Crippen molar-refractivity contribution in [3.63, 3.8) is 0 Å². The first-order valence-corrected chi connectivity index (χ1v) is 13.3. The number of piperazine rings is 1. The maximum absolute atomic E-state index is 13.6. The van der Waals surface area contributed by atoms with Gasteiger partial charge in [0.1, 0.15) is 23.2 Å². The third-order valence-corrected chi connectivity index (χ3v) is 7.74. The summed E-state index contributed by atoms with van der Waals surface area (Å²) in [7, 11) is 2.07. The predicted molar refractivity (Wildman–Crippen MR) is 145 cm³/mol. The Kier molecular flexibility index (Phi) is 6.61. The van der Waals surface area contributed by atoms with Gasteiger partial charge in [0.15, 0.2) is 17.5 Å². The predicted octanol–water partition coefficient (Wildman–Crippen LogP) is 3.77. The van der Waals surface area contributed by atoms with Crippen molar-refractivity contribution in [2.75, 3.05) is 55.6 Å². The first-order valence-electron chi connectivity index (χ1n) is 13.3. The molecule has 200 valence electrons. The molecule has 2 fully saturated rings. The van der Waals surface area contributed by atoms with Crippen molar-refractivity contribution in [1.82, 2.24) is 24.4 Å². The molecule has 0 N–H and O–H groups in total. The van der Waals surface area contributed by atoms with E-state index >= 15 is 0 Å². The van der Waals surface area contributed by atoms with Crippen molar-refractivity contribution in [2.45, 2.75) is 32.5 Å². The molecule has 6 rings (SSSR count). The van der Waals surface area contributed by atoms with Crippen molar-refractivity contribution in [3.05, 3.63) is 54.0 Å². The second kappa shape index (κ2) is 10.1. The van der Waals surface area contributed by atoms with Crippen LogP contribution in [0.1, 0.15) is 19.4 Å². The van der Waals surface area contributed by atoms with Crippen LogP contribution in [-0.4, -0.2) is 82.4 Å². The van der Waals surface area contributed by atoms with Gasteiger partial charge in [-0.1, -0.05) is 6.07 Å². The summed E-state index contributed by atoms with van der Waals surface area (Å²) >= 11 is 0. The molecule has 8 nitrogen and oxygen atoms in total. The Balaban J connectivity index is 1.24. The van der Waals surface area contributed by atoms with Gasteiger partial charge in [0.2, 0.25) is 0 Å². The SMILES string of the molecule is CC1CN(c2nccc3c2c2ncnc(N4CCN(CCc5ccc(F)c(F)c5)CC4)c2n3C)CC(C)O1. The van der Waals surface area contributed by atoms with Gasteiger partial charge in [-0.25, -0.2) is 23.7 Å². The third-order valence-electron chi connectivity index (χ3n) is 7.74. The first-order chi connectivity index (χ1) is 18.4. The third kappa shape index (κ3) is 4.56. The quantitative estimate of drug-likeness (QED) is 0.396. The summed E-state index contributed by atoms with van der Waals surface area (Å²) in [5.41, 5.74) is 3.83. The molecule has 0 radical (unpaired) electrons. The molecule has 2 aliphatic rings. The minimum absolute atomic E-state index is 0.134. The van der Waals surface area contributed by atoms with E-state index in [-0.39, 0.29) is 12.2 Å². The fourth-order valence-electron chi connectivity index (χ4n) is 5.92. The zero-order chi connectivity index (χ0) is 26.4. The maximum Gasteiger partial charge on any atom is 0.159 e. The van der Waals surface area contributed by atoms with Gasteiger partial charge in [0, 0.05) is 59.1 Å². The molecule has 0 aliphatic carbocycles. The number of hydrogen-bond acceptors (Lipinski definition) is 7. The van der Waals surface area contributed by atoms with E-state index in [1.54, 1.807) is 12.4 Å². The number of rotatable bonds is 5. The number of halogens is 2. The standard InChI is InChI=1S/C28H33F2N7O/c1-18-15-37(16-19(2)38-18)27-24-23(6-8-31-27)34(3)26-25(24)32-17-33-28(26)36-12-10-35(11-13-36)9-7-20-4-5-21(29)22(30)14-20/h4-6,8,14,17-19H,7,9-13,15-16H2,1-3H3. The molecule has 0 saturated carbocycles. The average molecular weight is 522 g/mol. The second-order valence-electron chi connectivity index (χ2n) is 10.5. The highest BCUT2D eigenvalue weighted by Gasteiger charge is 2.28. The minimum Gasteiger partial charge on any atom is -0.372 e. The van der Waals surface area contributed by atoms with Crippen LogP contribution < -0.4 is 9.80 Å². The van der Waals surface area contributed by atoms with Gasteiger partial charge in [-0.05, 0) is 44.0 Å². The van der Waals surface area contributed by atoms with E-state index in [1.165, 1.54) is 12.1 Å². The Morgan fingerprint density at radius 1 is 0.895 bits per heavy atom. The van der Waals surface area contributed by atoms with Crippen LogP contribution in [0.5, 0.6) is 0 Å². The summed E-state index contributed by atoms with van der Waals surface area (Å²) in [6.45, 7) is 9.98. The summed E-state index contributed by atoms with van der Waals surface area (Å²) in [5, 5.41) is 1.06. The number of aromatic nitrogens is 4. The molecular weight excluding hydrogens is 488 g/mol. The minimum atomic E-state index is -0.802. The van der Waals surface area contributed by atoms with Gasteiger partial charge < -0.3 is 19.1 Å². The normalized spacial score (nSPS) is 21.1. The van der Waals surface area contributed by atoms with Gasteiger partial charge >= 0.3 is 0 Å². The lowest BCUT2D eigenvalue weighted by Crippen LogP contribution is -2.47. The molecule has 38 heavy (non-hydrogen) atoms. The Bertz CT molecular complexity index is 1460. The highest BCUT2D eigenvalue weighted by molar-refractivity contribution is 6.13. The molecule has 5 heterocycles. The second-order valence-corrected chi connectivity index (χ2v) is 10.5. The van der Waals surface area contributed by atoms with E-state index in [9.17, 15) is 8.78 Å². The lowest BCUT2D eigenvalue weighted by molar-refractivity contribution is -0.00536. The molecule has 1 aromatic carbocycles. The molecule has 10 heteroatoms. The molecule has 2 aliphatic heterocycles. The zero-order valence-electron chi connectivity index (χ0n) is 22.1. The van der Waals surface area contributed by atoms with Gasteiger partial charge in [0.25, 0.3) is 0 Å². The number of benzene rings is 1. The van der Waals surface area contributed by atoms with Crippen LogP contribution in [-0.2, 0) is 18.2 Å². The van der Waals surface area contributed by atoms with Crippen LogP contribution in [0, 0.1) is 11.6 Å². The fourth-order valence-corrected chi connectivity index (χ4v) is 5.92. The smallest absolute Gasteiger partial charge is 0.159 e. The van der Waals surface area contributed by atoms with Crippen LogP contribution in [0.2, 0.25) is 0 Å². The summed E-state index contributed by atoms with van der Waals surface area (Å²) in [6, 6.07) is 6.21. The number of nitrogens with zero attached hydrogens (tertiary/aromatic N) is 7. The molecular formula is C28H33F2N7O. The number of fused-ring (bicyclic) bond motifs is 3. The van der Waals surface area contributed by atoms with Crippen molar-refractivity contribution < 1.29 is 13.5 Å². The molecule has 2 unspecified atom stereocenters. The van der Waals surface area contributed by atoms with Crippen LogP contribution >= 0.6 is 0 Å². The van der Waals surface area contributed by atoms with E-state index in [0.717, 1.165) is 84.9 Å². The molecule has 4 aromatic rings. The van der Waals surface area contributed by atoms with Gasteiger partial charge in [-0.15, -0.1) is 0 Å². The van der Waals surface area contributed by atoms with E-state index < -0.39 is 11.6 Å². The van der Waals surface area contributed by atoms with Crippen molar-refractivity contribution >= 4 is 33.6 Å². The zero-order valence-corrected chi connectivity index (χ0v) is 22.1. The number of aryl methyl sites for hydroxylation is 1. The first kappa shape index (κ1) is 24.9. The van der Waals surface area contributed by atoms with E-state index in [4.69, 9.17) is 19.7 Å². The molecule has 0 spiro atoms. The number of hydrogen-bond donors (Lipinski definition) is 0. The summed E-state index contributed by atoms with van der Waals surface area (Å²) < 4.78 is 35.0. The maximum atomic E-state index is 13.6. The number of ether oxygens (including phenoxy) is 1. The lowest BCUT2D eigenvalue weighted by Gasteiger charge is -2.36. The Morgan fingerprint density at radius 3 is 2.39 bits per heavy atom. The monoisotopic (exact) mass is 521 g/mol. The lowest BCUT2D eigenvalue weighted by atomic mass is 10.1. The van der Waals surface area contributed by atoms with Gasteiger partial charge in [-0.2, -0.15) is 0 Å². The largest absolute Gasteiger partial charge is 0.372 e. The molecule has 3 aromatic heterocycles. The summed E-state index contributed by atoms with van der Waals surface area (Å²) in [4.78, 5) is 21.3. The summed E-state index contributed by atoms with van der Waals surface area (Å²) in [6.07, 6.45) is 4.49. The average Bonchev–Trinajstić information content (AvgIpc) is 3.21. The molecule has 0 amide bonds. The topological polar surface area (TPSA) is 62.6 Å². The van der Waals surface area contributed by atoms with Crippen molar-refractivity contribution in [1.29, 1.82) is 0 Å². The van der Waals surface area contributed by atoms with E-state index in [0.29, 0.717) is 6.42 Å². The van der Waals surface area contributed by atoms with E-state index in [2.05, 4.69) is 40.2 Å². The van der Waals surface area contributed by atoms with Crippen LogP contribution in [0.3, 0.4) is 0 Å². The highest BCUT2D eigenvalue weighted by atomic mass is 19.2. The Labute approximate surface area is 220 Å². The van der Waals surface area contributed by atoms with Crippen molar-refractivity contribution in [3.8, 4) is 0 Å². The molecule has 2 saturated heterocycles. The van der Waals surface area contributed by atoms with Gasteiger partial charge in [-0.3, -0.25) is 4.90 Å². The molecule has 0 bridgehead atoms. The molecule has 2 atom stereocenters. The number of anilines is 2. The van der Waals surface area contributed by atoms with Crippen LogP contribution in [0.4, 0.5) is 20.4 Å². The van der Waals surface area contributed by atoms with Crippen LogP contribution in [0.15, 0.2) is 36.8 Å².